The molecule has 0 bridgehead atoms. The van der Waals surface area contributed by atoms with E-state index in [0.29, 0.717) is 29.6 Å². The quantitative estimate of drug-likeness (QED) is 0.367. The van der Waals surface area contributed by atoms with Crippen molar-refractivity contribution in [2.45, 2.75) is 89.1 Å². The summed E-state index contributed by atoms with van der Waals surface area (Å²) in [6.07, 6.45) is 2.32. The average Bonchev–Trinajstić information content (AvgIpc) is 2.89. The molecule has 0 aliphatic heterocycles. The highest BCUT2D eigenvalue weighted by atomic mass is 32.2. The molecule has 39 heavy (non-hydrogen) atoms. The first-order valence-electron chi connectivity index (χ1n) is 13.4. The van der Waals surface area contributed by atoms with Gasteiger partial charge >= 0.3 is 6.09 Å². The van der Waals surface area contributed by atoms with Crippen molar-refractivity contribution in [2.24, 2.45) is 5.92 Å². The van der Waals surface area contributed by atoms with Crippen LogP contribution in [0.5, 0.6) is 11.5 Å². The van der Waals surface area contributed by atoms with Crippen LogP contribution < -0.4 is 14.8 Å². The number of methoxy groups -OCH3 is 1. The van der Waals surface area contributed by atoms with Crippen molar-refractivity contribution in [3.8, 4) is 11.5 Å². The number of aliphatic hydroxyl groups is 1. The normalized spacial score (nSPS) is 16.4. The molecule has 0 unspecified atom stereocenters. The predicted molar refractivity (Wildman–Crippen MR) is 149 cm³/mol. The highest BCUT2D eigenvalue weighted by Gasteiger charge is 2.37. The number of carbonyl (C=O) groups is 1. The number of benzene rings is 2. The molecule has 0 aromatic heterocycles. The van der Waals surface area contributed by atoms with Gasteiger partial charge in [-0.3, -0.25) is 0 Å². The fourth-order valence-electron chi connectivity index (χ4n) is 4.58. The van der Waals surface area contributed by atoms with Crippen LogP contribution in [0.1, 0.15) is 65.4 Å². The molecule has 2 aromatic carbocycles. The number of alkyl carbamates (subject to hydrolysis) is 1. The molecule has 2 atom stereocenters. The van der Waals surface area contributed by atoms with Crippen LogP contribution >= 0.6 is 0 Å². The van der Waals surface area contributed by atoms with Gasteiger partial charge in [0.05, 0.1) is 24.7 Å². The van der Waals surface area contributed by atoms with Gasteiger partial charge in [0.1, 0.15) is 11.8 Å². The number of nitrogens with one attached hydrogen (secondary N) is 1. The summed E-state index contributed by atoms with van der Waals surface area (Å²) in [6.45, 7) is 6.91. The van der Waals surface area contributed by atoms with Crippen LogP contribution in [0, 0.1) is 5.92 Å². The number of carbonyl (C=O) groups excluding carboxylic acids is 1. The topological polar surface area (TPSA) is 114 Å². The SMILES string of the molecule is COc1ccc(S(=O)(=O)N(Cc2ccccc2)[C@H](NC(=O)OC(C)(C)C)[C@@H](C)O)cc1OCC1CCCCC1. The number of rotatable bonds is 11. The fourth-order valence-corrected chi connectivity index (χ4v) is 6.20. The van der Waals surface area contributed by atoms with Crippen molar-refractivity contribution in [1.82, 2.24) is 9.62 Å². The molecule has 3 rings (SSSR count). The molecule has 10 heteroatoms. The lowest BCUT2D eigenvalue weighted by Gasteiger charge is -2.34. The van der Waals surface area contributed by atoms with Crippen LogP contribution in [0.25, 0.3) is 0 Å². The van der Waals surface area contributed by atoms with E-state index in [4.69, 9.17) is 14.2 Å². The average molecular weight is 563 g/mol. The first-order valence-corrected chi connectivity index (χ1v) is 14.9. The van der Waals surface area contributed by atoms with Gasteiger partial charge in [0.15, 0.2) is 11.5 Å². The van der Waals surface area contributed by atoms with Crippen LogP contribution in [-0.2, 0) is 21.3 Å². The Labute approximate surface area is 232 Å². The maximum Gasteiger partial charge on any atom is 0.409 e. The highest BCUT2D eigenvalue weighted by molar-refractivity contribution is 7.89. The second kappa shape index (κ2) is 13.5. The third kappa shape index (κ3) is 8.84. The van der Waals surface area contributed by atoms with E-state index in [1.165, 1.54) is 45.4 Å². The molecule has 0 spiro atoms. The molecule has 1 saturated carbocycles. The van der Waals surface area contributed by atoms with E-state index < -0.39 is 34.0 Å². The molecule has 0 saturated heterocycles. The third-order valence-electron chi connectivity index (χ3n) is 6.55. The number of ether oxygens (including phenoxy) is 3. The maximum absolute atomic E-state index is 14.1. The van der Waals surface area contributed by atoms with E-state index in [1.807, 2.05) is 6.07 Å². The zero-order chi connectivity index (χ0) is 28.6. The van der Waals surface area contributed by atoms with Gasteiger partial charge in [0.25, 0.3) is 0 Å². The van der Waals surface area contributed by atoms with Crippen LogP contribution in [0.15, 0.2) is 53.4 Å². The fraction of sp³-hybridized carbons (Fsp3) is 0.552. The molecular weight excluding hydrogens is 520 g/mol. The van der Waals surface area contributed by atoms with Gasteiger partial charge in [-0.2, -0.15) is 4.31 Å². The predicted octanol–water partition coefficient (Wildman–Crippen LogP) is 5.08. The molecule has 9 nitrogen and oxygen atoms in total. The second-order valence-corrected chi connectivity index (χ2v) is 12.9. The number of hydrogen-bond donors (Lipinski definition) is 2. The van der Waals surface area contributed by atoms with Gasteiger partial charge in [0, 0.05) is 12.6 Å². The molecule has 1 aliphatic rings. The minimum Gasteiger partial charge on any atom is -0.493 e. The number of hydrogen-bond acceptors (Lipinski definition) is 7. The van der Waals surface area contributed by atoms with Gasteiger partial charge in [-0.25, -0.2) is 13.2 Å². The zero-order valence-electron chi connectivity index (χ0n) is 23.6. The van der Waals surface area contributed by atoms with E-state index >= 15 is 0 Å². The van der Waals surface area contributed by atoms with Crippen molar-refractivity contribution in [2.75, 3.05) is 13.7 Å². The first-order chi connectivity index (χ1) is 18.4. The van der Waals surface area contributed by atoms with E-state index in [-0.39, 0.29) is 11.4 Å². The van der Waals surface area contributed by atoms with Crippen LogP contribution in [0.3, 0.4) is 0 Å². The molecule has 1 amide bonds. The summed E-state index contributed by atoms with van der Waals surface area (Å²) >= 11 is 0. The van der Waals surface area contributed by atoms with Crippen molar-refractivity contribution in [3.05, 3.63) is 54.1 Å². The molecule has 1 aliphatic carbocycles. The molecule has 216 valence electrons. The molecule has 0 radical (unpaired) electrons. The van der Waals surface area contributed by atoms with E-state index in [0.717, 1.165) is 17.1 Å². The van der Waals surface area contributed by atoms with Crippen molar-refractivity contribution < 1.29 is 32.5 Å². The monoisotopic (exact) mass is 562 g/mol. The number of aliphatic hydroxyl groups excluding tert-OH is 1. The summed E-state index contributed by atoms with van der Waals surface area (Å²) in [4.78, 5) is 12.6. The van der Waals surface area contributed by atoms with Gasteiger partial charge in [-0.05, 0) is 64.2 Å². The standard InChI is InChI=1S/C29H42N2O7S/c1-21(32)27(30-28(33)38-29(2,3)4)31(19-22-12-8-6-9-13-22)39(34,35)24-16-17-25(36-5)26(18-24)37-20-23-14-10-7-11-15-23/h6,8-9,12-13,16-18,21,23,27,32H,7,10-11,14-15,19-20H2,1-5H3,(H,30,33)/t21-,27+/m1/s1. The molecule has 0 heterocycles. The Morgan fingerprint density at radius 3 is 2.33 bits per heavy atom. The van der Waals surface area contributed by atoms with E-state index in [9.17, 15) is 18.3 Å². The van der Waals surface area contributed by atoms with Gasteiger partial charge < -0.3 is 24.6 Å². The Kier molecular flexibility index (Phi) is 10.6. The van der Waals surface area contributed by atoms with Gasteiger partial charge in [-0.1, -0.05) is 49.6 Å². The number of nitrogens with zero attached hydrogens (tertiary/aromatic N) is 1. The Morgan fingerprint density at radius 1 is 1.08 bits per heavy atom. The summed E-state index contributed by atoms with van der Waals surface area (Å²) in [6, 6.07) is 13.4. The second-order valence-electron chi connectivity index (χ2n) is 11.0. The minimum atomic E-state index is -4.26. The highest BCUT2D eigenvalue weighted by Crippen LogP contribution is 2.34. The van der Waals surface area contributed by atoms with Crippen LogP contribution in [0.4, 0.5) is 4.79 Å². The van der Waals surface area contributed by atoms with Gasteiger partial charge in [0.2, 0.25) is 10.0 Å². The first kappa shape index (κ1) is 30.7. The summed E-state index contributed by atoms with van der Waals surface area (Å²) in [5, 5.41) is 13.2. The summed E-state index contributed by atoms with van der Waals surface area (Å²) < 4.78 is 46.2. The lowest BCUT2D eigenvalue weighted by Crippen LogP contribution is -2.56. The number of sulfonamides is 1. The summed E-state index contributed by atoms with van der Waals surface area (Å²) in [5.41, 5.74) is -0.128. The van der Waals surface area contributed by atoms with E-state index in [1.54, 1.807) is 51.1 Å². The smallest absolute Gasteiger partial charge is 0.409 e. The number of amides is 1. The van der Waals surface area contributed by atoms with Crippen molar-refractivity contribution in [3.63, 3.8) is 0 Å². The largest absolute Gasteiger partial charge is 0.493 e. The lowest BCUT2D eigenvalue weighted by molar-refractivity contribution is 0.0301. The zero-order valence-corrected chi connectivity index (χ0v) is 24.4. The molecule has 2 aromatic rings. The summed E-state index contributed by atoms with van der Waals surface area (Å²) in [7, 11) is -2.75. The molecule has 2 N–H and O–H groups in total. The minimum absolute atomic E-state index is 0.0467. The maximum atomic E-state index is 14.1. The Hall–Kier alpha value is -2.82. The van der Waals surface area contributed by atoms with Gasteiger partial charge in [-0.15, -0.1) is 0 Å². The van der Waals surface area contributed by atoms with Crippen LogP contribution in [-0.4, -0.2) is 55.5 Å². The van der Waals surface area contributed by atoms with Crippen molar-refractivity contribution >= 4 is 16.1 Å². The van der Waals surface area contributed by atoms with Crippen molar-refractivity contribution in [1.29, 1.82) is 0 Å². The van der Waals surface area contributed by atoms with Crippen LogP contribution in [0.2, 0.25) is 0 Å². The Morgan fingerprint density at radius 2 is 1.74 bits per heavy atom. The molecule has 1 fully saturated rings. The summed E-state index contributed by atoms with van der Waals surface area (Å²) in [5.74, 6) is 1.17. The third-order valence-corrected chi connectivity index (χ3v) is 8.38. The molecular formula is C29H42N2O7S. The Bertz CT molecular complexity index is 1170. The van der Waals surface area contributed by atoms with E-state index in [2.05, 4.69) is 5.32 Å². The lowest BCUT2D eigenvalue weighted by atomic mass is 9.90. The Balaban J connectivity index is 1.97.